The van der Waals surface area contributed by atoms with E-state index in [0.29, 0.717) is 28.6 Å². The summed E-state index contributed by atoms with van der Waals surface area (Å²) in [6.07, 6.45) is 5.08. The second-order valence-electron chi connectivity index (χ2n) is 5.77. The van der Waals surface area contributed by atoms with Gasteiger partial charge in [-0.15, -0.1) is 0 Å². The molecule has 0 aliphatic heterocycles. The van der Waals surface area contributed by atoms with Crippen LogP contribution in [0, 0.1) is 11.8 Å². The van der Waals surface area contributed by atoms with Crippen molar-refractivity contribution >= 4 is 34.8 Å². The van der Waals surface area contributed by atoms with Crippen LogP contribution in [0.2, 0.25) is 5.15 Å². The van der Waals surface area contributed by atoms with Gasteiger partial charge in [0.05, 0.1) is 5.56 Å². The van der Waals surface area contributed by atoms with Crippen LogP contribution in [0.25, 0.3) is 0 Å². The van der Waals surface area contributed by atoms with Crippen LogP contribution in [-0.4, -0.2) is 22.0 Å². The number of pyridine rings is 1. The van der Waals surface area contributed by atoms with Crippen molar-refractivity contribution in [3.8, 4) is 0 Å². The van der Waals surface area contributed by atoms with Crippen molar-refractivity contribution in [1.82, 2.24) is 21.2 Å². The van der Waals surface area contributed by atoms with Gasteiger partial charge in [0, 0.05) is 12.2 Å². The van der Waals surface area contributed by atoms with Gasteiger partial charge in [-0.1, -0.05) is 38.3 Å². The number of amides is 1. The van der Waals surface area contributed by atoms with Crippen molar-refractivity contribution in [1.29, 1.82) is 0 Å². The molecule has 1 saturated carbocycles. The quantitative estimate of drug-likeness (QED) is 0.439. The molecular weight excluding hydrogens is 320 g/mol. The van der Waals surface area contributed by atoms with E-state index in [9.17, 15) is 4.79 Å². The Balaban J connectivity index is 1.83. The van der Waals surface area contributed by atoms with Crippen molar-refractivity contribution in [3.63, 3.8) is 0 Å². The van der Waals surface area contributed by atoms with E-state index in [2.05, 4.69) is 35.0 Å². The summed E-state index contributed by atoms with van der Waals surface area (Å²) in [5.41, 5.74) is 5.57. The molecule has 1 heterocycles. The Morgan fingerprint density at radius 1 is 1.36 bits per heavy atom. The summed E-state index contributed by atoms with van der Waals surface area (Å²) in [5, 5.41) is 3.86. The fourth-order valence-corrected chi connectivity index (χ4v) is 3.13. The lowest BCUT2D eigenvalue weighted by Gasteiger charge is -2.35. The molecule has 1 aromatic rings. The minimum atomic E-state index is -0.368. The Hall–Kier alpha value is -1.40. The number of carbonyl (C=O) groups is 1. The van der Waals surface area contributed by atoms with Crippen LogP contribution in [-0.2, 0) is 0 Å². The second-order valence-corrected chi connectivity index (χ2v) is 6.53. The van der Waals surface area contributed by atoms with Crippen molar-refractivity contribution in [2.24, 2.45) is 11.8 Å². The highest BCUT2D eigenvalue weighted by Gasteiger charge is 2.27. The van der Waals surface area contributed by atoms with Crippen LogP contribution in [0.3, 0.4) is 0 Å². The number of hydrogen-bond donors (Lipinski definition) is 3. The average Bonchev–Trinajstić information content (AvgIpc) is 2.50. The van der Waals surface area contributed by atoms with E-state index in [4.69, 9.17) is 23.8 Å². The van der Waals surface area contributed by atoms with Gasteiger partial charge < -0.3 is 5.32 Å². The molecule has 0 aromatic carbocycles. The molecule has 5 nitrogen and oxygen atoms in total. The van der Waals surface area contributed by atoms with Crippen LogP contribution in [0.4, 0.5) is 0 Å². The lowest BCUT2D eigenvalue weighted by Crippen LogP contribution is -2.52. The summed E-state index contributed by atoms with van der Waals surface area (Å²) in [4.78, 5) is 15.9. The zero-order valence-corrected chi connectivity index (χ0v) is 14.3. The standard InChI is InChI=1S/C15H21ClN4OS/c1-9-5-3-7-12(10(9)2)18-15(22)20-19-14(21)11-6-4-8-17-13(11)16/h4,6,8-10,12H,3,5,7H2,1-2H3,(H,19,21)(H2,18,20,22)/t9-,10+,12-/m1/s1. The Morgan fingerprint density at radius 3 is 2.86 bits per heavy atom. The first kappa shape index (κ1) is 17.0. The predicted molar refractivity (Wildman–Crippen MR) is 91.5 cm³/mol. The lowest BCUT2D eigenvalue weighted by molar-refractivity contribution is 0.0943. The first-order chi connectivity index (χ1) is 10.5. The van der Waals surface area contributed by atoms with Crippen LogP contribution >= 0.6 is 23.8 Å². The largest absolute Gasteiger partial charge is 0.358 e. The van der Waals surface area contributed by atoms with Gasteiger partial charge in [0.25, 0.3) is 5.91 Å². The van der Waals surface area contributed by atoms with Gasteiger partial charge in [-0.3, -0.25) is 15.6 Å². The van der Waals surface area contributed by atoms with Crippen LogP contribution < -0.4 is 16.2 Å². The van der Waals surface area contributed by atoms with E-state index < -0.39 is 0 Å². The molecule has 2 rings (SSSR count). The summed E-state index contributed by atoms with van der Waals surface area (Å²) in [5.74, 6) is 0.863. The molecule has 0 saturated heterocycles. The molecule has 1 fully saturated rings. The number of hydrazine groups is 1. The number of thiocarbonyl (C=S) groups is 1. The minimum absolute atomic E-state index is 0.162. The molecule has 0 unspecified atom stereocenters. The first-order valence-electron chi connectivity index (χ1n) is 7.46. The lowest BCUT2D eigenvalue weighted by atomic mass is 9.78. The Labute approximate surface area is 141 Å². The van der Waals surface area contributed by atoms with E-state index in [-0.39, 0.29) is 11.1 Å². The third-order valence-corrected chi connectivity index (χ3v) is 4.84. The van der Waals surface area contributed by atoms with E-state index in [1.807, 2.05) is 0 Å². The maximum Gasteiger partial charge on any atom is 0.272 e. The molecule has 1 amide bonds. The summed E-state index contributed by atoms with van der Waals surface area (Å²) < 4.78 is 0. The highest BCUT2D eigenvalue weighted by molar-refractivity contribution is 7.80. The SMILES string of the molecule is C[C@H]1[C@H](C)CCC[C@H]1NC(=S)NNC(=O)c1cccnc1Cl. The summed E-state index contributed by atoms with van der Waals surface area (Å²) in [6.45, 7) is 4.50. The molecule has 7 heteroatoms. The topological polar surface area (TPSA) is 66.0 Å². The minimum Gasteiger partial charge on any atom is -0.358 e. The maximum atomic E-state index is 12.0. The van der Waals surface area contributed by atoms with Gasteiger partial charge in [-0.2, -0.15) is 0 Å². The molecular formula is C15H21ClN4OS. The molecule has 1 aliphatic carbocycles. The predicted octanol–water partition coefficient (Wildman–Crippen LogP) is 2.67. The van der Waals surface area contributed by atoms with Crippen LogP contribution in [0.5, 0.6) is 0 Å². The number of nitrogens with zero attached hydrogens (tertiary/aromatic N) is 1. The molecule has 0 radical (unpaired) electrons. The Bertz CT molecular complexity index is 554. The van der Waals surface area contributed by atoms with Crippen molar-refractivity contribution in [2.75, 3.05) is 0 Å². The average molecular weight is 341 g/mol. The van der Waals surface area contributed by atoms with Crippen molar-refractivity contribution in [2.45, 2.75) is 39.2 Å². The smallest absolute Gasteiger partial charge is 0.272 e. The van der Waals surface area contributed by atoms with Crippen molar-refractivity contribution < 1.29 is 4.79 Å². The van der Waals surface area contributed by atoms with Gasteiger partial charge in [-0.05, 0) is 42.6 Å². The van der Waals surface area contributed by atoms with Crippen LogP contribution in [0.15, 0.2) is 18.3 Å². The molecule has 120 valence electrons. The Kier molecular flexibility index (Phi) is 5.97. The third kappa shape index (κ3) is 4.30. The van der Waals surface area contributed by atoms with Gasteiger partial charge >= 0.3 is 0 Å². The van der Waals surface area contributed by atoms with E-state index in [0.717, 1.165) is 6.42 Å². The molecule has 3 atom stereocenters. The fourth-order valence-electron chi connectivity index (χ4n) is 2.73. The molecule has 0 spiro atoms. The molecule has 0 bridgehead atoms. The number of carbonyl (C=O) groups excluding carboxylic acids is 1. The van der Waals surface area contributed by atoms with Crippen molar-refractivity contribution in [3.05, 3.63) is 29.0 Å². The summed E-state index contributed by atoms with van der Waals surface area (Å²) in [7, 11) is 0. The van der Waals surface area contributed by atoms with Crippen LogP contribution in [0.1, 0.15) is 43.5 Å². The monoisotopic (exact) mass is 340 g/mol. The van der Waals surface area contributed by atoms with E-state index >= 15 is 0 Å². The fraction of sp³-hybridized carbons (Fsp3) is 0.533. The van der Waals surface area contributed by atoms with E-state index in [1.165, 1.54) is 19.0 Å². The van der Waals surface area contributed by atoms with E-state index in [1.54, 1.807) is 12.1 Å². The van der Waals surface area contributed by atoms with Gasteiger partial charge in [-0.25, -0.2) is 4.98 Å². The first-order valence-corrected chi connectivity index (χ1v) is 8.25. The highest BCUT2D eigenvalue weighted by atomic mass is 35.5. The number of aromatic nitrogens is 1. The summed E-state index contributed by atoms with van der Waals surface area (Å²) >= 11 is 11.1. The van der Waals surface area contributed by atoms with Gasteiger partial charge in [0.1, 0.15) is 5.15 Å². The number of rotatable bonds is 2. The molecule has 22 heavy (non-hydrogen) atoms. The molecule has 1 aromatic heterocycles. The summed E-state index contributed by atoms with van der Waals surface area (Å²) in [6, 6.07) is 3.60. The normalized spacial score (nSPS) is 24.4. The maximum absolute atomic E-state index is 12.0. The molecule has 3 N–H and O–H groups in total. The highest BCUT2D eigenvalue weighted by Crippen LogP contribution is 2.29. The molecule has 1 aliphatic rings. The van der Waals surface area contributed by atoms with Gasteiger partial charge in [0.2, 0.25) is 0 Å². The number of hydrogen-bond acceptors (Lipinski definition) is 3. The number of nitrogens with one attached hydrogen (secondary N) is 3. The zero-order chi connectivity index (χ0) is 16.1. The Morgan fingerprint density at radius 2 is 2.14 bits per heavy atom. The third-order valence-electron chi connectivity index (χ3n) is 4.32. The van der Waals surface area contributed by atoms with Gasteiger partial charge in [0.15, 0.2) is 5.11 Å². The zero-order valence-electron chi connectivity index (χ0n) is 12.7. The number of halogens is 1. The second kappa shape index (κ2) is 7.74.